The highest BCUT2D eigenvalue weighted by Crippen LogP contribution is 2.31. The average molecular weight is 361 g/mol. The summed E-state index contributed by atoms with van der Waals surface area (Å²) in [5.41, 5.74) is 9.31. The standard InChI is InChI=1S/C21H19N3O3/c1-13-16-8-4-5-9-17(16)21(27)23(13)12-19(25)24-11-15-7-3-2-6-14(15)10-18(24)20(22)26/h2-9,18H,1,10-12H2,(H2,22,26). The fraction of sp³-hybridized carbons (Fsp3) is 0.190. The Hall–Kier alpha value is -3.41. The van der Waals surface area contributed by atoms with E-state index in [1.54, 1.807) is 12.1 Å². The summed E-state index contributed by atoms with van der Waals surface area (Å²) in [6.45, 7) is 4.09. The van der Waals surface area contributed by atoms with E-state index < -0.39 is 11.9 Å². The van der Waals surface area contributed by atoms with E-state index in [1.165, 1.54) is 9.80 Å². The van der Waals surface area contributed by atoms with Crippen molar-refractivity contribution in [1.82, 2.24) is 9.80 Å². The van der Waals surface area contributed by atoms with Crippen LogP contribution in [-0.4, -0.2) is 40.1 Å². The predicted molar refractivity (Wildman–Crippen MR) is 100 cm³/mol. The van der Waals surface area contributed by atoms with Gasteiger partial charge in [0.25, 0.3) is 5.91 Å². The minimum atomic E-state index is -0.722. The number of amides is 3. The molecule has 0 bridgehead atoms. The number of hydrogen-bond acceptors (Lipinski definition) is 3. The Morgan fingerprint density at radius 2 is 1.67 bits per heavy atom. The zero-order valence-electron chi connectivity index (χ0n) is 14.7. The SMILES string of the molecule is C=C1c2ccccc2C(=O)N1CC(=O)N1Cc2ccccc2CC1C(N)=O. The molecule has 1 atom stereocenters. The van der Waals surface area contributed by atoms with Gasteiger partial charge in [0.2, 0.25) is 11.8 Å². The van der Waals surface area contributed by atoms with Gasteiger partial charge in [0, 0.05) is 29.8 Å². The van der Waals surface area contributed by atoms with E-state index in [1.807, 2.05) is 36.4 Å². The highest BCUT2D eigenvalue weighted by molar-refractivity contribution is 6.10. The first kappa shape index (κ1) is 17.0. The molecule has 4 rings (SSSR count). The fourth-order valence-electron chi connectivity index (χ4n) is 3.77. The predicted octanol–water partition coefficient (Wildman–Crippen LogP) is 1.55. The minimum absolute atomic E-state index is 0.168. The molecule has 2 aromatic rings. The fourth-order valence-corrected chi connectivity index (χ4v) is 3.77. The highest BCUT2D eigenvalue weighted by Gasteiger charge is 2.37. The van der Waals surface area contributed by atoms with Crippen molar-refractivity contribution in [2.24, 2.45) is 5.73 Å². The van der Waals surface area contributed by atoms with Gasteiger partial charge >= 0.3 is 0 Å². The van der Waals surface area contributed by atoms with E-state index in [4.69, 9.17) is 5.73 Å². The second-order valence-electron chi connectivity index (χ2n) is 6.80. The molecule has 0 aromatic heterocycles. The lowest BCUT2D eigenvalue weighted by Gasteiger charge is -2.36. The molecular formula is C21H19N3O3. The van der Waals surface area contributed by atoms with Crippen molar-refractivity contribution in [3.8, 4) is 0 Å². The molecule has 2 aromatic carbocycles. The Balaban J connectivity index is 1.58. The molecule has 6 heteroatoms. The molecule has 0 radical (unpaired) electrons. The molecule has 2 heterocycles. The summed E-state index contributed by atoms with van der Waals surface area (Å²) < 4.78 is 0. The Labute approximate surface area is 156 Å². The van der Waals surface area contributed by atoms with Crippen molar-refractivity contribution < 1.29 is 14.4 Å². The Bertz CT molecular complexity index is 947. The summed E-state index contributed by atoms with van der Waals surface area (Å²) in [5.74, 6) is -1.12. The topological polar surface area (TPSA) is 83.7 Å². The Kier molecular flexibility index (Phi) is 4.03. The van der Waals surface area contributed by atoms with E-state index in [9.17, 15) is 14.4 Å². The lowest BCUT2D eigenvalue weighted by molar-refractivity contribution is -0.140. The minimum Gasteiger partial charge on any atom is -0.368 e. The molecule has 1 unspecified atom stereocenters. The van der Waals surface area contributed by atoms with Crippen LogP contribution in [-0.2, 0) is 22.6 Å². The lowest BCUT2D eigenvalue weighted by atomic mass is 9.93. The molecule has 2 N–H and O–H groups in total. The molecule has 27 heavy (non-hydrogen) atoms. The summed E-state index contributed by atoms with van der Waals surface area (Å²) in [6, 6.07) is 14.1. The smallest absolute Gasteiger partial charge is 0.259 e. The molecule has 2 aliphatic heterocycles. The third-order valence-corrected chi connectivity index (χ3v) is 5.23. The number of rotatable bonds is 3. The van der Waals surface area contributed by atoms with Gasteiger partial charge < -0.3 is 10.6 Å². The molecule has 6 nitrogen and oxygen atoms in total. The first-order chi connectivity index (χ1) is 13.0. The van der Waals surface area contributed by atoms with Crippen LogP contribution in [0.15, 0.2) is 55.1 Å². The summed E-state index contributed by atoms with van der Waals surface area (Å²) >= 11 is 0. The van der Waals surface area contributed by atoms with Crippen LogP contribution < -0.4 is 5.73 Å². The maximum atomic E-state index is 13.0. The zero-order chi connectivity index (χ0) is 19.1. The summed E-state index contributed by atoms with van der Waals surface area (Å²) in [6.07, 6.45) is 0.381. The molecule has 0 fully saturated rings. The van der Waals surface area contributed by atoms with Crippen molar-refractivity contribution in [1.29, 1.82) is 0 Å². The molecule has 0 saturated carbocycles. The lowest BCUT2D eigenvalue weighted by Crippen LogP contribution is -2.53. The molecule has 0 aliphatic carbocycles. The van der Waals surface area contributed by atoms with Gasteiger partial charge in [0.15, 0.2) is 0 Å². The molecule has 0 spiro atoms. The van der Waals surface area contributed by atoms with Crippen LogP contribution in [0.2, 0.25) is 0 Å². The second-order valence-corrected chi connectivity index (χ2v) is 6.80. The number of carbonyl (C=O) groups is 3. The number of nitrogens with two attached hydrogens (primary N) is 1. The average Bonchev–Trinajstić information content (AvgIpc) is 2.92. The number of nitrogens with zero attached hydrogens (tertiary/aromatic N) is 2. The third kappa shape index (κ3) is 2.79. The van der Waals surface area contributed by atoms with Gasteiger partial charge in [-0.1, -0.05) is 49.0 Å². The van der Waals surface area contributed by atoms with Crippen LogP contribution >= 0.6 is 0 Å². The van der Waals surface area contributed by atoms with Gasteiger partial charge in [-0.3, -0.25) is 19.3 Å². The van der Waals surface area contributed by atoms with Crippen molar-refractivity contribution >= 4 is 23.4 Å². The van der Waals surface area contributed by atoms with Crippen molar-refractivity contribution in [3.63, 3.8) is 0 Å². The maximum Gasteiger partial charge on any atom is 0.259 e. The summed E-state index contributed by atoms with van der Waals surface area (Å²) in [5, 5.41) is 0. The monoisotopic (exact) mass is 361 g/mol. The van der Waals surface area contributed by atoms with Crippen LogP contribution in [0.25, 0.3) is 5.70 Å². The highest BCUT2D eigenvalue weighted by atomic mass is 16.2. The van der Waals surface area contributed by atoms with Gasteiger partial charge in [-0.2, -0.15) is 0 Å². The number of carbonyl (C=O) groups excluding carboxylic acids is 3. The molecule has 0 saturated heterocycles. The van der Waals surface area contributed by atoms with E-state index in [-0.39, 0.29) is 18.4 Å². The number of fused-ring (bicyclic) bond motifs is 2. The van der Waals surface area contributed by atoms with Crippen molar-refractivity contribution in [3.05, 3.63) is 77.4 Å². The first-order valence-corrected chi connectivity index (χ1v) is 8.73. The number of primary amides is 1. The Morgan fingerprint density at radius 1 is 1.04 bits per heavy atom. The van der Waals surface area contributed by atoms with Crippen LogP contribution in [0.5, 0.6) is 0 Å². The van der Waals surface area contributed by atoms with Crippen molar-refractivity contribution in [2.45, 2.75) is 19.0 Å². The van der Waals surface area contributed by atoms with Gasteiger partial charge in [-0.15, -0.1) is 0 Å². The van der Waals surface area contributed by atoms with E-state index in [2.05, 4.69) is 6.58 Å². The van der Waals surface area contributed by atoms with Crippen LogP contribution in [0, 0.1) is 0 Å². The summed E-state index contributed by atoms with van der Waals surface area (Å²) in [7, 11) is 0. The quantitative estimate of drug-likeness (QED) is 0.900. The van der Waals surface area contributed by atoms with Gasteiger partial charge in [0.05, 0.1) is 0 Å². The van der Waals surface area contributed by atoms with E-state index in [0.29, 0.717) is 24.2 Å². The summed E-state index contributed by atoms with van der Waals surface area (Å²) in [4.78, 5) is 40.4. The molecule has 136 valence electrons. The zero-order valence-corrected chi connectivity index (χ0v) is 14.7. The normalized spacial score (nSPS) is 18.3. The van der Waals surface area contributed by atoms with E-state index >= 15 is 0 Å². The molecule has 2 aliphatic rings. The van der Waals surface area contributed by atoms with E-state index in [0.717, 1.165) is 16.7 Å². The van der Waals surface area contributed by atoms with Crippen LogP contribution in [0.1, 0.15) is 27.0 Å². The molecule has 3 amide bonds. The maximum absolute atomic E-state index is 13.0. The number of benzene rings is 2. The van der Waals surface area contributed by atoms with Crippen LogP contribution in [0.3, 0.4) is 0 Å². The van der Waals surface area contributed by atoms with Crippen LogP contribution in [0.4, 0.5) is 0 Å². The largest absolute Gasteiger partial charge is 0.368 e. The number of hydrogen-bond donors (Lipinski definition) is 1. The van der Waals surface area contributed by atoms with Crippen molar-refractivity contribution in [2.75, 3.05) is 6.54 Å². The Morgan fingerprint density at radius 3 is 2.33 bits per heavy atom. The van der Waals surface area contributed by atoms with Gasteiger partial charge in [0.1, 0.15) is 12.6 Å². The van der Waals surface area contributed by atoms with Gasteiger partial charge in [-0.25, -0.2) is 0 Å². The second kappa shape index (κ2) is 6.39. The first-order valence-electron chi connectivity index (χ1n) is 8.73. The van der Waals surface area contributed by atoms with Gasteiger partial charge in [-0.05, 0) is 17.2 Å². The third-order valence-electron chi connectivity index (χ3n) is 5.23. The molecular weight excluding hydrogens is 342 g/mol.